The molecule has 40 heavy (non-hydrogen) atoms. The van der Waals surface area contributed by atoms with Crippen molar-refractivity contribution in [2.45, 2.75) is 0 Å². The van der Waals surface area contributed by atoms with E-state index in [1.807, 2.05) is 0 Å². The average Bonchev–Trinajstić information content (AvgIpc) is 2.91. The summed E-state index contributed by atoms with van der Waals surface area (Å²) in [7, 11) is 0. The lowest BCUT2D eigenvalue weighted by molar-refractivity contribution is -0.385. The van der Waals surface area contributed by atoms with Gasteiger partial charge >= 0.3 is 0 Å². The van der Waals surface area contributed by atoms with Crippen molar-refractivity contribution in [3.05, 3.63) is 102 Å². The number of nitrogens with one attached hydrogen (secondary N) is 2. The van der Waals surface area contributed by atoms with Crippen LogP contribution < -0.4 is 10.9 Å². The molecule has 0 unspecified atom stereocenters. The summed E-state index contributed by atoms with van der Waals surface area (Å²) in [5.74, 6) is -1.30. The lowest BCUT2D eigenvalue weighted by Gasteiger charge is -2.04. The normalized spacial score (nSPS) is 11.1. The second-order valence-corrected chi connectivity index (χ2v) is 7.43. The summed E-state index contributed by atoms with van der Waals surface area (Å²) in [5, 5.41) is 77.7. The van der Waals surface area contributed by atoms with Crippen molar-refractivity contribution >= 4 is 41.7 Å². The number of nitro groups is 3. The minimum Gasteiger partial charge on any atom is -0.507 e. The third kappa shape index (κ3) is 7.52. The smallest absolute Gasteiger partial charge is 0.270 e. The molecule has 0 aromatic heterocycles. The Hall–Kier alpha value is -6.46. The second kappa shape index (κ2) is 12.7. The molecule has 0 saturated heterocycles. The Labute approximate surface area is 222 Å². The van der Waals surface area contributed by atoms with E-state index in [2.05, 4.69) is 31.3 Å². The van der Waals surface area contributed by atoms with E-state index in [0.717, 1.165) is 73.2 Å². The van der Waals surface area contributed by atoms with Gasteiger partial charge in [0.05, 0.1) is 33.4 Å². The Morgan fingerprint density at radius 2 is 0.975 bits per heavy atom. The molecular weight excluding hydrogens is 534 g/mol. The summed E-state index contributed by atoms with van der Waals surface area (Å²) < 4.78 is 0. The lowest BCUT2D eigenvalue weighted by Crippen LogP contribution is -2.30. The van der Waals surface area contributed by atoms with E-state index in [1.54, 1.807) is 0 Å². The number of benzene rings is 3. The standard InChI is InChI=1S/C22H17N9O9/c32-19-4-1-16(29(35)36)7-13(19)10-23-26-22(27-24-11-14-8-17(30(37)38)2-5-20(14)33)28-25-12-15-9-18(31(39)40)3-6-21(15)34/h1-12,32-34H,(H2,26,27,28). The first-order valence-electron chi connectivity index (χ1n) is 10.7. The highest BCUT2D eigenvalue weighted by Crippen LogP contribution is 2.23. The summed E-state index contributed by atoms with van der Waals surface area (Å²) in [6, 6.07) is 9.69. The molecule has 204 valence electrons. The molecule has 3 aromatic rings. The highest BCUT2D eigenvalue weighted by atomic mass is 16.6. The number of nitro benzene ring substituents is 3. The summed E-state index contributed by atoms with van der Waals surface area (Å²) in [4.78, 5) is 30.9. The number of non-ortho nitro benzene ring substituents is 3. The van der Waals surface area contributed by atoms with E-state index in [9.17, 15) is 45.7 Å². The van der Waals surface area contributed by atoms with Crippen LogP contribution in [0.1, 0.15) is 16.7 Å². The van der Waals surface area contributed by atoms with Gasteiger partial charge in [0, 0.05) is 53.1 Å². The quantitative estimate of drug-likeness (QED) is 0.111. The minimum atomic E-state index is -0.676. The van der Waals surface area contributed by atoms with E-state index in [4.69, 9.17) is 0 Å². The third-order valence-electron chi connectivity index (χ3n) is 4.77. The Kier molecular flexibility index (Phi) is 8.91. The van der Waals surface area contributed by atoms with Gasteiger partial charge in [-0.15, -0.1) is 5.10 Å². The van der Waals surface area contributed by atoms with Crippen LogP contribution in [0.25, 0.3) is 0 Å². The summed E-state index contributed by atoms with van der Waals surface area (Å²) in [6.45, 7) is 0. The van der Waals surface area contributed by atoms with Crippen molar-refractivity contribution in [3.63, 3.8) is 0 Å². The lowest BCUT2D eigenvalue weighted by atomic mass is 10.2. The summed E-state index contributed by atoms with van der Waals surface area (Å²) >= 11 is 0. The van der Waals surface area contributed by atoms with E-state index in [0.29, 0.717) is 0 Å². The van der Waals surface area contributed by atoms with E-state index < -0.39 is 14.8 Å². The Bertz CT molecular complexity index is 1510. The van der Waals surface area contributed by atoms with Crippen molar-refractivity contribution in [2.24, 2.45) is 20.4 Å². The van der Waals surface area contributed by atoms with Crippen LogP contribution in [0.3, 0.4) is 0 Å². The fourth-order valence-corrected chi connectivity index (χ4v) is 2.82. The number of nitrogens with zero attached hydrogens (tertiary/aromatic N) is 7. The van der Waals surface area contributed by atoms with Gasteiger partial charge < -0.3 is 15.3 Å². The van der Waals surface area contributed by atoms with Gasteiger partial charge in [0.15, 0.2) is 0 Å². The minimum absolute atomic E-state index is 0.0314. The third-order valence-corrected chi connectivity index (χ3v) is 4.77. The maximum absolute atomic E-state index is 11.0. The fourth-order valence-electron chi connectivity index (χ4n) is 2.82. The first kappa shape index (κ1) is 28.1. The average molecular weight is 551 g/mol. The molecule has 0 heterocycles. The molecule has 3 aromatic carbocycles. The van der Waals surface area contributed by atoms with Crippen molar-refractivity contribution in [1.82, 2.24) is 10.9 Å². The molecule has 18 heteroatoms. The van der Waals surface area contributed by atoms with E-state index >= 15 is 0 Å². The van der Waals surface area contributed by atoms with Gasteiger partial charge in [-0.25, -0.2) is 10.9 Å². The molecule has 0 aliphatic rings. The second-order valence-electron chi connectivity index (χ2n) is 7.43. The molecule has 3 rings (SSSR count). The molecule has 18 nitrogen and oxygen atoms in total. The largest absolute Gasteiger partial charge is 0.507 e. The van der Waals surface area contributed by atoms with Gasteiger partial charge in [-0.05, 0) is 18.2 Å². The van der Waals surface area contributed by atoms with Gasteiger partial charge in [-0.3, -0.25) is 30.3 Å². The number of phenols is 3. The van der Waals surface area contributed by atoms with Gasteiger partial charge in [0.1, 0.15) is 17.2 Å². The monoisotopic (exact) mass is 551 g/mol. The van der Waals surface area contributed by atoms with Crippen molar-refractivity contribution in [3.8, 4) is 17.2 Å². The molecule has 0 radical (unpaired) electrons. The van der Waals surface area contributed by atoms with E-state index in [-0.39, 0.29) is 57.0 Å². The topological polar surface area (TPSA) is 264 Å². The molecular formula is C22H17N9O9. The summed E-state index contributed by atoms with van der Waals surface area (Å²) in [5.41, 5.74) is 3.68. The molecule has 0 fully saturated rings. The SMILES string of the molecule is O=[N+]([O-])c1ccc(O)c(C=NN=C(NN=Cc2cc([N+](=O)[O-])ccc2O)NN=Cc2cc([N+](=O)[O-])ccc2O)c1. The van der Waals surface area contributed by atoms with Crippen LogP contribution in [-0.4, -0.2) is 54.7 Å². The van der Waals surface area contributed by atoms with Crippen LogP contribution in [-0.2, 0) is 0 Å². The predicted octanol–water partition coefficient (Wildman–Crippen LogP) is 2.47. The molecule has 5 N–H and O–H groups in total. The van der Waals surface area contributed by atoms with Crippen LogP contribution in [0.15, 0.2) is 75.0 Å². The van der Waals surface area contributed by atoms with Crippen LogP contribution in [0, 0.1) is 30.3 Å². The summed E-state index contributed by atoms with van der Waals surface area (Å²) in [6.07, 6.45) is 3.02. The molecule has 0 saturated carbocycles. The molecule has 0 aliphatic carbocycles. The number of hydrazone groups is 2. The molecule has 0 amide bonds. The van der Waals surface area contributed by atoms with Crippen LogP contribution >= 0.6 is 0 Å². The number of hydrogen-bond acceptors (Lipinski definition) is 13. The zero-order valence-electron chi connectivity index (χ0n) is 19.8. The zero-order valence-corrected chi connectivity index (χ0v) is 19.8. The van der Waals surface area contributed by atoms with Gasteiger partial charge in [0.25, 0.3) is 23.0 Å². The fraction of sp³-hybridized carbons (Fsp3) is 0. The molecule has 0 spiro atoms. The van der Waals surface area contributed by atoms with Crippen LogP contribution in [0.2, 0.25) is 0 Å². The number of guanidine groups is 1. The zero-order chi connectivity index (χ0) is 29.2. The predicted molar refractivity (Wildman–Crippen MR) is 141 cm³/mol. The maximum Gasteiger partial charge on any atom is 0.270 e. The first-order chi connectivity index (χ1) is 19.0. The van der Waals surface area contributed by atoms with Gasteiger partial charge in [-0.2, -0.15) is 15.3 Å². The highest BCUT2D eigenvalue weighted by molar-refractivity contribution is 5.89. The number of phenolic OH excluding ortho intramolecular Hbond substituents is 3. The maximum atomic E-state index is 11.0. The number of aromatic hydroxyl groups is 3. The van der Waals surface area contributed by atoms with Crippen molar-refractivity contribution < 1.29 is 30.1 Å². The Morgan fingerprint density at radius 1 is 0.625 bits per heavy atom. The van der Waals surface area contributed by atoms with Gasteiger partial charge in [0.2, 0.25) is 0 Å². The van der Waals surface area contributed by atoms with E-state index in [1.165, 1.54) is 0 Å². The molecule has 0 atom stereocenters. The Morgan fingerprint density at radius 3 is 1.32 bits per heavy atom. The number of hydrogen-bond donors (Lipinski definition) is 5. The van der Waals surface area contributed by atoms with Crippen molar-refractivity contribution in [2.75, 3.05) is 0 Å². The van der Waals surface area contributed by atoms with Crippen LogP contribution in [0.5, 0.6) is 17.2 Å². The van der Waals surface area contributed by atoms with Gasteiger partial charge in [-0.1, -0.05) is 0 Å². The number of rotatable bonds is 9. The van der Waals surface area contributed by atoms with Crippen LogP contribution in [0.4, 0.5) is 17.1 Å². The first-order valence-corrected chi connectivity index (χ1v) is 10.7. The van der Waals surface area contributed by atoms with Crippen molar-refractivity contribution in [1.29, 1.82) is 0 Å². The molecule has 0 aliphatic heterocycles. The Balaban J connectivity index is 1.87. The highest BCUT2D eigenvalue weighted by Gasteiger charge is 2.11. The molecule has 0 bridgehead atoms.